The second kappa shape index (κ2) is 7.73. The van der Waals surface area contributed by atoms with Gasteiger partial charge >= 0.3 is 0 Å². The Hall–Kier alpha value is -2.71. The highest BCUT2D eigenvalue weighted by molar-refractivity contribution is 7.89. The standard InChI is InChI=1S/C20H23N5O2S/c1-16(17-4-6-18(7-5-17)24-13-10-21-15-24)23-20-9-8-19(14-22-20)28(26,27)25-11-2-3-12-25/h4-10,13-16H,2-3,11-12H2,1H3,(H,22,23)/t16-/m1/s1. The van der Waals surface area contributed by atoms with E-state index in [1.54, 1.807) is 24.7 Å². The Morgan fingerprint density at radius 3 is 2.43 bits per heavy atom. The topological polar surface area (TPSA) is 80.1 Å². The van der Waals surface area contributed by atoms with Gasteiger partial charge in [-0.15, -0.1) is 0 Å². The number of nitrogens with one attached hydrogen (secondary N) is 1. The number of rotatable bonds is 6. The van der Waals surface area contributed by atoms with Gasteiger partial charge in [-0.05, 0) is 49.6 Å². The Morgan fingerprint density at radius 1 is 1.07 bits per heavy atom. The minimum atomic E-state index is -3.43. The molecule has 1 aliphatic heterocycles. The summed E-state index contributed by atoms with van der Waals surface area (Å²) in [5, 5.41) is 3.32. The maximum atomic E-state index is 12.6. The normalized spacial score (nSPS) is 16.2. The summed E-state index contributed by atoms with van der Waals surface area (Å²) in [7, 11) is -3.43. The van der Waals surface area contributed by atoms with Gasteiger partial charge in [0.2, 0.25) is 10.0 Å². The van der Waals surface area contributed by atoms with E-state index in [1.165, 1.54) is 10.5 Å². The Labute approximate surface area is 165 Å². The van der Waals surface area contributed by atoms with E-state index in [4.69, 9.17) is 0 Å². The van der Waals surface area contributed by atoms with Crippen molar-refractivity contribution in [1.82, 2.24) is 18.8 Å². The lowest BCUT2D eigenvalue weighted by Gasteiger charge is -2.17. The van der Waals surface area contributed by atoms with Crippen molar-refractivity contribution in [3.8, 4) is 5.69 Å². The molecule has 0 radical (unpaired) electrons. The van der Waals surface area contributed by atoms with E-state index in [2.05, 4.69) is 27.4 Å². The molecule has 1 N–H and O–H groups in total. The van der Waals surface area contributed by atoms with Crippen molar-refractivity contribution in [2.45, 2.75) is 30.7 Å². The van der Waals surface area contributed by atoms with Crippen LogP contribution in [0.5, 0.6) is 0 Å². The molecule has 146 valence electrons. The first-order valence-electron chi connectivity index (χ1n) is 9.35. The molecule has 0 aliphatic carbocycles. The molecule has 0 saturated carbocycles. The number of benzene rings is 1. The number of anilines is 1. The van der Waals surface area contributed by atoms with E-state index < -0.39 is 10.0 Å². The van der Waals surface area contributed by atoms with Crippen LogP contribution in [0.3, 0.4) is 0 Å². The predicted molar refractivity (Wildman–Crippen MR) is 108 cm³/mol. The lowest BCUT2D eigenvalue weighted by atomic mass is 10.1. The molecule has 1 aliphatic rings. The molecular formula is C20H23N5O2S. The fourth-order valence-corrected chi connectivity index (χ4v) is 4.81. The lowest BCUT2D eigenvalue weighted by Crippen LogP contribution is -2.27. The summed E-state index contributed by atoms with van der Waals surface area (Å²) in [5.74, 6) is 0.645. The maximum Gasteiger partial charge on any atom is 0.244 e. The number of aromatic nitrogens is 3. The fourth-order valence-electron chi connectivity index (χ4n) is 3.35. The molecule has 2 aromatic heterocycles. The summed E-state index contributed by atoms with van der Waals surface area (Å²) < 4.78 is 28.6. The van der Waals surface area contributed by atoms with Gasteiger partial charge in [-0.1, -0.05) is 12.1 Å². The highest BCUT2D eigenvalue weighted by Crippen LogP contribution is 2.23. The summed E-state index contributed by atoms with van der Waals surface area (Å²) in [6.07, 6.45) is 8.69. The predicted octanol–water partition coefficient (Wildman–Crippen LogP) is 3.22. The first kappa shape index (κ1) is 18.6. The first-order chi connectivity index (χ1) is 13.5. The van der Waals surface area contributed by atoms with Crippen molar-refractivity contribution in [3.05, 3.63) is 66.9 Å². The molecule has 1 atom stereocenters. The van der Waals surface area contributed by atoms with Gasteiger partial charge in [0.25, 0.3) is 0 Å². The highest BCUT2D eigenvalue weighted by Gasteiger charge is 2.27. The number of hydrogen-bond donors (Lipinski definition) is 1. The van der Waals surface area contributed by atoms with Crippen molar-refractivity contribution in [2.75, 3.05) is 18.4 Å². The van der Waals surface area contributed by atoms with E-state index in [-0.39, 0.29) is 10.9 Å². The Balaban J connectivity index is 1.44. The van der Waals surface area contributed by atoms with Gasteiger partial charge in [-0.3, -0.25) is 0 Å². The largest absolute Gasteiger partial charge is 0.364 e. The van der Waals surface area contributed by atoms with Crippen molar-refractivity contribution < 1.29 is 8.42 Å². The number of hydrogen-bond acceptors (Lipinski definition) is 5. The van der Waals surface area contributed by atoms with Gasteiger partial charge in [-0.25, -0.2) is 18.4 Å². The fraction of sp³-hybridized carbons (Fsp3) is 0.300. The van der Waals surface area contributed by atoms with Crippen molar-refractivity contribution in [2.24, 2.45) is 0 Å². The van der Waals surface area contributed by atoms with Gasteiger partial charge in [0, 0.05) is 43.4 Å². The first-order valence-corrected chi connectivity index (χ1v) is 10.8. The third-order valence-corrected chi connectivity index (χ3v) is 6.88. The monoisotopic (exact) mass is 397 g/mol. The molecule has 0 bridgehead atoms. The quantitative estimate of drug-likeness (QED) is 0.691. The average molecular weight is 398 g/mol. The smallest absolute Gasteiger partial charge is 0.244 e. The summed E-state index contributed by atoms with van der Waals surface area (Å²) in [4.78, 5) is 8.62. The van der Waals surface area contributed by atoms with E-state index in [0.29, 0.717) is 18.9 Å². The van der Waals surface area contributed by atoms with Crippen LogP contribution in [0.1, 0.15) is 31.4 Å². The number of imidazole rings is 1. The number of sulfonamides is 1. The molecule has 3 aromatic rings. The minimum Gasteiger partial charge on any atom is -0.364 e. The lowest BCUT2D eigenvalue weighted by molar-refractivity contribution is 0.477. The maximum absolute atomic E-state index is 12.6. The summed E-state index contributed by atoms with van der Waals surface area (Å²) in [5.41, 5.74) is 2.16. The van der Waals surface area contributed by atoms with Crippen LogP contribution < -0.4 is 5.32 Å². The number of pyridine rings is 1. The van der Waals surface area contributed by atoms with E-state index in [0.717, 1.165) is 24.1 Å². The molecule has 28 heavy (non-hydrogen) atoms. The van der Waals surface area contributed by atoms with Crippen LogP contribution in [-0.4, -0.2) is 40.3 Å². The summed E-state index contributed by atoms with van der Waals surface area (Å²) >= 11 is 0. The van der Waals surface area contributed by atoms with Gasteiger partial charge in [0.05, 0.1) is 6.33 Å². The van der Waals surface area contributed by atoms with Crippen molar-refractivity contribution >= 4 is 15.8 Å². The molecular weight excluding hydrogens is 374 g/mol. The van der Waals surface area contributed by atoms with E-state index in [1.807, 2.05) is 29.8 Å². The van der Waals surface area contributed by atoms with Crippen LogP contribution in [0.4, 0.5) is 5.82 Å². The molecule has 0 spiro atoms. The minimum absolute atomic E-state index is 0.0328. The zero-order chi connectivity index (χ0) is 19.6. The van der Waals surface area contributed by atoms with Gasteiger partial charge in [-0.2, -0.15) is 4.31 Å². The molecule has 7 nitrogen and oxygen atoms in total. The molecule has 4 rings (SSSR count). The second-order valence-corrected chi connectivity index (χ2v) is 8.86. The molecule has 1 aromatic carbocycles. The zero-order valence-electron chi connectivity index (χ0n) is 15.7. The Bertz CT molecular complexity index is 1010. The number of nitrogens with zero attached hydrogens (tertiary/aromatic N) is 4. The zero-order valence-corrected chi connectivity index (χ0v) is 16.5. The van der Waals surface area contributed by atoms with Crippen LogP contribution in [0, 0.1) is 0 Å². The van der Waals surface area contributed by atoms with Crippen molar-refractivity contribution in [3.63, 3.8) is 0 Å². The molecule has 0 amide bonds. The third kappa shape index (κ3) is 3.79. The second-order valence-electron chi connectivity index (χ2n) is 6.92. The third-order valence-electron chi connectivity index (χ3n) is 5.00. The van der Waals surface area contributed by atoms with Crippen LogP contribution in [0.15, 0.2) is 66.2 Å². The Morgan fingerprint density at radius 2 is 1.82 bits per heavy atom. The van der Waals surface area contributed by atoms with Gasteiger partial charge in [0.15, 0.2) is 0 Å². The van der Waals surface area contributed by atoms with Crippen molar-refractivity contribution in [1.29, 1.82) is 0 Å². The molecule has 0 unspecified atom stereocenters. The summed E-state index contributed by atoms with van der Waals surface area (Å²) in [6.45, 7) is 3.23. The molecule has 1 fully saturated rings. The molecule has 3 heterocycles. The van der Waals surface area contributed by atoms with Gasteiger partial charge < -0.3 is 9.88 Å². The molecule has 8 heteroatoms. The van der Waals surface area contributed by atoms with E-state index >= 15 is 0 Å². The SMILES string of the molecule is C[C@@H](Nc1ccc(S(=O)(=O)N2CCCC2)cn1)c1ccc(-n2ccnc2)cc1. The summed E-state index contributed by atoms with van der Waals surface area (Å²) in [6, 6.07) is 11.6. The van der Waals surface area contributed by atoms with Crippen LogP contribution in [0.25, 0.3) is 5.69 Å². The van der Waals surface area contributed by atoms with E-state index in [9.17, 15) is 8.42 Å². The highest BCUT2D eigenvalue weighted by atomic mass is 32.2. The average Bonchev–Trinajstić information content (AvgIpc) is 3.43. The van der Waals surface area contributed by atoms with Crippen LogP contribution >= 0.6 is 0 Å². The van der Waals surface area contributed by atoms with Crippen LogP contribution in [0.2, 0.25) is 0 Å². The van der Waals surface area contributed by atoms with Gasteiger partial charge in [0.1, 0.15) is 10.7 Å². The Kier molecular flexibility index (Phi) is 5.15. The molecule has 1 saturated heterocycles. The van der Waals surface area contributed by atoms with Crippen LogP contribution in [-0.2, 0) is 10.0 Å².